The Morgan fingerprint density at radius 3 is 1.08 bits per heavy atom. The van der Waals surface area contributed by atoms with E-state index in [1.807, 2.05) is 87.5 Å². The fraction of sp³-hybridized carbons (Fsp3) is 0.342. The molecule has 3 aliphatic carbocycles. The lowest BCUT2D eigenvalue weighted by atomic mass is 9.90. The Labute approximate surface area is 488 Å². The predicted molar refractivity (Wildman–Crippen MR) is 361 cm³/mol. The second-order valence-electron chi connectivity index (χ2n) is 21.8. The van der Waals surface area contributed by atoms with E-state index in [2.05, 4.69) is 183 Å². The number of rotatable bonds is 6. The summed E-state index contributed by atoms with van der Waals surface area (Å²) in [5.74, 6) is 17.1. The molecule has 0 bridgehead atoms. The van der Waals surface area contributed by atoms with Crippen LogP contribution in [0.4, 0.5) is 0 Å². The zero-order valence-corrected chi connectivity index (χ0v) is 52.8. The summed E-state index contributed by atoms with van der Waals surface area (Å²) >= 11 is 0. The van der Waals surface area contributed by atoms with Crippen molar-refractivity contribution < 1.29 is 0 Å². The van der Waals surface area contributed by atoms with Crippen molar-refractivity contribution in [2.45, 2.75) is 150 Å². The van der Waals surface area contributed by atoms with Gasteiger partial charge in [-0.2, -0.15) is 0 Å². The normalized spacial score (nSPS) is 12.8. The van der Waals surface area contributed by atoms with Gasteiger partial charge in [0, 0.05) is 29.2 Å². The lowest BCUT2D eigenvalue weighted by Gasteiger charge is -2.27. The van der Waals surface area contributed by atoms with E-state index in [1.165, 1.54) is 103 Å². The number of hydrogen-bond acceptors (Lipinski definition) is 0. The number of unbranched alkanes of at least 4 members (excludes halogenated alkanes) is 2. The summed E-state index contributed by atoms with van der Waals surface area (Å²) < 4.78 is 0. The number of terminal acetylenes is 9. The molecule has 3 aliphatic rings. The summed E-state index contributed by atoms with van der Waals surface area (Å²) in [4.78, 5) is 0. The van der Waals surface area contributed by atoms with Crippen molar-refractivity contribution in [1.29, 1.82) is 0 Å². The monoisotopic (exact) mass is 1090 g/mol. The molecule has 0 saturated heterocycles. The molecule has 0 heterocycles. The predicted octanol–water partition coefficient (Wildman–Crippen LogP) is 16.1. The van der Waals surface area contributed by atoms with Gasteiger partial charge in [-0.15, -0.1) is 98.1 Å². The molecule has 0 spiro atoms. The lowest BCUT2D eigenvalue weighted by Crippen LogP contribution is -2.66. The van der Waals surface area contributed by atoms with Gasteiger partial charge in [0.1, 0.15) is 8.07 Å². The van der Waals surface area contributed by atoms with Gasteiger partial charge >= 0.3 is 0 Å². The Hall–Kier alpha value is -7.47. The van der Waals surface area contributed by atoms with Crippen molar-refractivity contribution in [1.82, 2.24) is 0 Å². The van der Waals surface area contributed by atoms with Gasteiger partial charge in [0.2, 0.25) is 8.07 Å². The minimum atomic E-state index is -2.37. The van der Waals surface area contributed by atoms with Crippen molar-refractivity contribution in [3.63, 3.8) is 0 Å². The van der Waals surface area contributed by atoms with Gasteiger partial charge in [0.15, 0.2) is 8.07 Å². The first-order valence-electron chi connectivity index (χ1n) is 28.0. The molecule has 0 aliphatic heterocycles. The van der Waals surface area contributed by atoms with E-state index in [4.69, 9.17) is 57.8 Å². The Balaban J connectivity index is 0.000000912. The van der Waals surface area contributed by atoms with Crippen LogP contribution in [0.15, 0.2) is 163 Å². The Bertz CT molecular complexity index is 2680. The third-order valence-electron chi connectivity index (χ3n) is 12.3. The smallest absolute Gasteiger partial charge is 0.135 e. The molecule has 8 rings (SSSR count). The van der Waals surface area contributed by atoms with Crippen molar-refractivity contribution in [3.8, 4) is 110 Å². The topological polar surface area (TPSA) is 0 Å². The van der Waals surface area contributed by atoms with Crippen LogP contribution in [0.2, 0.25) is 32.7 Å². The SMILES string of the molecule is C#CC(C)(C)C.C#CC1=CCCCC1.C#CC1CC1.C#CC1CCCCC1.C#CCCCC.C#C[Si](C)(C)C.C#C[Si](C)(C)c1ccccc1.C#C[Si](c1ccccc1)(c1ccccc1)c1ccccc1.C#Cc1ccccc1. The van der Waals surface area contributed by atoms with Crippen molar-refractivity contribution >= 4 is 45.0 Å². The first kappa shape index (κ1) is 71.5. The standard InChI is InChI=1S/C20H16Si.C10H12Si.C8H12.C8H10.C8H6.2C6H10.C5H10Si.C5H6/c1-2-21(18-12-6-3-7-13-18,19-14-8-4-9-15-19)20-16-10-5-11-17-20;1-4-11(2,3)10-8-6-5-7-9-10;3*1-2-8-6-4-3-5-7-8;1-5-6(2,3)4;1-3-5-6-4-2;1-5-6(2,3)4;1-2-5-3-4-5/h1,3-17H;1,5-9H,2-3H3;1,8H,3-7H2;1,6H,3-5,7H2;1,3-7H;1H,2-4H3;1H,4-6H2,2H3;1H,2-4H3;1,5H,3-4H2. The summed E-state index contributed by atoms with van der Waals surface area (Å²) in [5, 5.41) is 5.10. The maximum absolute atomic E-state index is 6.12. The number of allylic oxidation sites excluding steroid dienone is 2. The van der Waals surface area contributed by atoms with Crippen molar-refractivity contribution in [3.05, 3.63) is 169 Å². The van der Waals surface area contributed by atoms with E-state index in [1.54, 1.807) is 0 Å². The van der Waals surface area contributed by atoms with Crippen LogP contribution in [0.5, 0.6) is 0 Å². The van der Waals surface area contributed by atoms with Gasteiger partial charge in [-0.05, 0) is 117 Å². The molecule has 0 amide bonds. The molecule has 2 saturated carbocycles. The van der Waals surface area contributed by atoms with Gasteiger partial charge < -0.3 is 0 Å². The third-order valence-corrected chi connectivity index (χ3v) is 19.7. The minimum absolute atomic E-state index is 0.0694. The summed E-state index contributed by atoms with van der Waals surface area (Å²) in [6.07, 6.45) is 66.9. The van der Waals surface area contributed by atoms with Crippen molar-refractivity contribution in [2.24, 2.45) is 17.3 Å². The highest BCUT2D eigenvalue weighted by atomic mass is 28.3. The molecule has 0 radical (unpaired) electrons. The highest BCUT2D eigenvalue weighted by molar-refractivity contribution is 7.16. The number of hydrogen-bond donors (Lipinski definition) is 0. The van der Waals surface area contributed by atoms with Gasteiger partial charge in [-0.1, -0.05) is 223 Å². The minimum Gasteiger partial charge on any atom is -0.135 e. The van der Waals surface area contributed by atoms with Crippen LogP contribution in [0.1, 0.15) is 123 Å². The molecule has 5 aromatic rings. The highest BCUT2D eigenvalue weighted by Crippen LogP contribution is 2.27. The van der Waals surface area contributed by atoms with E-state index in [-0.39, 0.29) is 5.41 Å². The molecule has 79 heavy (non-hydrogen) atoms. The van der Waals surface area contributed by atoms with E-state index >= 15 is 0 Å². The molecule has 3 heteroatoms. The van der Waals surface area contributed by atoms with Crippen LogP contribution in [0.3, 0.4) is 0 Å². The average molecular weight is 1090 g/mol. The van der Waals surface area contributed by atoms with E-state index in [0.717, 1.165) is 18.4 Å². The molecule has 5 aromatic carbocycles. The largest absolute Gasteiger partial charge is 0.229 e. The van der Waals surface area contributed by atoms with Gasteiger partial charge in [0.25, 0.3) is 0 Å². The summed E-state index contributed by atoms with van der Waals surface area (Å²) in [6.45, 7) is 19.0. The molecular formula is C76H92Si3. The average Bonchev–Trinajstić information content (AvgIpc) is 4.37. The maximum Gasteiger partial charge on any atom is 0.229 e. The van der Waals surface area contributed by atoms with E-state index in [9.17, 15) is 0 Å². The zero-order chi connectivity index (χ0) is 59.3. The van der Waals surface area contributed by atoms with Crippen molar-refractivity contribution in [2.75, 3.05) is 0 Å². The summed E-state index contributed by atoms with van der Waals surface area (Å²) in [7, 11) is -5.00. The molecule has 0 unspecified atom stereocenters. The maximum atomic E-state index is 6.12. The van der Waals surface area contributed by atoms with Gasteiger partial charge in [0.05, 0.1) is 0 Å². The van der Waals surface area contributed by atoms with Crippen LogP contribution in [0, 0.1) is 127 Å². The zero-order valence-electron chi connectivity index (χ0n) is 49.8. The van der Waals surface area contributed by atoms with Crippen LogP contribution >= 0.6 is 0 Å². The van der Waals surface area contributed by atoms with Gasteiger partial charge in [-0.3, -0.25) is 0 Å². The summed E-state index contributed by atoms with van der Waals surface area (Å²) in [6, 6.07) is 51.4. The highest BCUT2D eigenvalue weighted by Gasteiger charge is 2.37. The van der Waals surface area contributed by atoms with Crippen LogP contribution in [0.25, 0.3) is 0 Å². The molecule has 408 valence electrons. The first-order chi connectivity index (χ1) is 37.8. The Morgan fingerprint density at radius 1 is 0.468 bits per heavy atom. The molecule has 0 atom stereocenters. The fourth-order valence-corrected chi connectivity index (χ4v) is 11.8. The first-order valence-corrected chi connectivity index (χ1v) is 36.5. The second kappa shape index (κ2) is 42.5. The molecule has 0 N–H and O–H groups in total. The van der Waals surface area contributed by atoms with Crippen LogP contribution < -0.4 is 20.7 Å². The van der Waals surface area contributed by atoms with E-state index in [0.29, 0.717) is 11.8 Å². The quantitative estimate of drug-likeness (QED) is 0.0688. The molecular weight excluding hydrogens is 997 g/mol. The molecule has 0 nitrogen and oxygen atoms in total. The summed E-state index contributed by atoms with van der Waals surface area (Å²) in [5.41, 5.74) is 11.1. The number of benzene rings is 5. The second-order valence-corrected chi connectivity index (χ2v) is 34.2. The Kier molecular flexibility index (Phi) is 38.5. The fourth-order valence-electron chi connectivity index (χ4n) is 7.05. The van der Waals surface area contributed by atoms with E-state index < -0.39 is 24.2 Å². The molecule has 2 fully saturated rings. The lowest BCUT2D eigenvalue weighted by molar-refractivity contribution is 0.430. The third kappa shape index (κ3) is 34.1. The van der Waals surface area contributed by atoms with Crippen LogP contribution in [-0.4, -0.2) is 24.2 Å². The van der Waals surface area contributed by atoms with Gasteiger partial charge in [-0.25, -0.2) is 0 Å². The van der Waals surface area contributed by atoms with Crippen LogP contribution in [-0.2, 0) is 0 Å². The molecule has 0 aromatic heterocycles. The Morgan fingerprint density at radius 2 is 0.861 bits per heavy atom.